The average Bonchev–Trinajstić information content (AvgIpc) is 2.42. The second kappa shape index (κ2) is 5.93. The number of Topliss-reactive ketones (excluding diaryl/α,β-unsaturated/α-hetero) is 1. The lowest BCUT2D eigenvalue weighted by Crippen LogP contribution is -2.06. The average molecular weight is 321 g/mol. The van der Waals surface area contributed by atoms with Crippen LogP contribution in [0.1, 0.15) is 21.6 Å². The Labute approximate surface area is 120 Å². The molecule has 1 aromatic carbocycles. The van der Waals surface area contributed by atoms with Crippen LogP contribution in [-0.2, 0) is 6.42 Å². The van der Waals surface area contributed by atoms with Crippen molar-refractivity contribution in [2.45, 2.75) is 13.3 Å². The number of carbonyl (C=O) groups is 1. The fourth-order valence-electron chi connectivity index (χ4n) is 1.62. The van der Waals surface area contributed by atoms with E-state index in [0.29, 0.717) is 17.1 Å². The molecule has 0 fully saturated rings. The molecule has 1 aromatic heterocycles. The Bertz CT molecular complexity index is 614. The topological polar surface area (TPSA) is 52.1 Å². The van der Waals surface area contributed by atoms with Gasteiger partial charge in [0, 0.05) is 16.1 Å². The van der Waals surface area contributed by atoms with Gasteiger partial charge in [-0.3, -0.25) is 4.79 Å². The lowest BCUT2D eigenvalue weighted by molar-refractivity contribution is 0.0992. The molecule has 0 saturated carbocycles. The van der Waals surface area contributed by atoms with E-state index in [1.165, 1.54) is 13.4 Å². The third-order valence-electron chi connectivity index (χ3n) is 2.74. The summed E-state index contributed by atoms with van der Waals surface area (Å²) in [7, 11) is 1.53. The molecule has 4 nitrogen and oxygen atoms in total. The van der Waals surface area contributed by atoms with E-state index in [9.17, 15) is 4.79 Å². The monoisotopic (exact) mass is 320 g/mol. The summed E-state index contributed by atoms with van der Waals surface area (Å²) < 4.78 is 5.94. The summed E-state index contributed by atoms with van der Waals surface area (Å²) >= 11 is 3.42. The standard InChI is InChI=1S/C14H13BrN2O2/c1-9-3-4-10(5-12(9)15)13(18)6-11-7-14(19-2)17-8-16-11/h3-5,7-8H,6H2,1-2H3. The summed E-state index contributed by atoms with van der Waals surface area (Å²) in [5, 5.41) is 0. The van der Waals surface area contributed by atoms with Crippen LogP contribution in [0.25, 0.3) is 0 Å². The van der Waals surface area contributed by atoms with E-state index < -0.39 is 0 Å². The molecule has 0 aliphatic rings. The SMILES string of the molecule is COc1cc(CC(=O)c2ccc(C)c(Br)c2)ncn1. The van der Waals surface area contributed by atoms with E-state index in [1.807, 2.05) is 25.1 Å². The predicted octanol–water partition coefficient (Wildman–Crippen LogP) is 2.98. The minimum Gasteiger partial charge on any atom is -0.481 e. The van der Waals surface area contributed by atoms with Gasteiger partial charge in [0.25, 0.3) is 0 Å². The molecule has 0 unspecified atom stereocenters. The largest absolute Gasteiger partial charge is 0.481 e. The van der Waals surface area contributed by atoms with Gasteiger partial charge in [-0.25, -0.2) is 9.97 Å². The highest BCUT2D eigenvalue weighted by molar-refractivity contribution is 9.10. The van der Waals surface area contributed by atoms with E-state index in [1.54, 1.807) is 6.07 Å². The molecule has 0 bridgehead atoms. The van der Waals surface area contributed by atoms with Gasteiger partial charge in [-0.1, -0.05) is 28.1 Å². The molecule has 0 spiro atoms. The van der Waals surface area contributed by atoms with Crippen LogP contribution in [0.3, 0.4) is 0 Å². The highest BCUT2D eigenvalue weighted by atomic mass is 79.9. The predicted molar refractivity (Wildman–Crippen MR) is 75.5 cm³/mol. The van der Waals surface area contributed by atoms with Crippen molar-refractivity contribution in [2.75, 3.05) is 7.11 Å². The molecular formula is C14H13BrN2O2. The molecule has 2 rings (SSSR count). The Morgan fingerprint density at radius 2 is 2.11 bits per heavy atom. The number of rotatable bonds is 4. The van der Waals surface area contributed by atoms with Crippen LogP contribution in [-0.4, -0.2) is 22.9 Å². The Balaban J connectivity index is 2.18. The summed E-state index contributed by atoms with van der Waals surface area (Å²) in [6, 6.07) is 7.23. The first kappa shape index (κ1) is 13.7. The maximum absolute atomic E-state index is 12.2. The molecule has 0 amide bonds. The summed E-state index contributed by atoms with van der Waals surface area (Å²) in [5.74, 6) is 0.476. The minimum atomic E-state index is 0.0152. The van der Waals surface area contributed by atoms with Crippen LogP contribution in [0.2, 0.25) is 0 Å². The maximum Gasteiger partial charge on any atom is 0.216 e. The number of aromatic nitrogens is 2. The second-order valence-electron chi connectivity index (χ2n) is 4.12. The molecular weight excluding hydrogens is 308 g/mol. The molecule has 0 aliphatic heterocycles. The molecule has 2 aromatic rings. The highest BCUT2D eigenvalue weighted by Gasteiger charge is 2.10. The van der Waals surface area contributed by atoms with Gasteiger partial charge in [0.2, 0.25) is 5.88 Å². The number of hydrogen-bond donors (Lipinski definition) is 0. The zero-order valence-electron chi connectivity index (χ0n) is 10.7. The molecule has 0 N–H and O–H groups in total. The van der Waals surface area contributed by atoms with E-state index >= 15 is 0 Å². The summed E-state index contributed by atoms with van der Waals surface area (Å²) in [4.78, 5) is 20.1. The van der Waals surface area contributed by atoms with Crippen LogP contribution in [0.5, 0.6) is 5.88 Å². The normalized spacial score (nSPS) is 10.3. The molecule has 98 valence electrons. The van der Waals surface area contributed by atoms with E-state index in [-0.39, 0.29) is 12.2 Å². The van der Waals surface area contributed by atoms with E-state index in [0.717, 1.165) is 10.0 Å². The van der Waals surface area contributed by atoms with Gasteiger partial charge >= 0.3 is 0 Å². The third kappa shape index (κ3) is 3.38. The fraction of sp³-hybridized carbons (Fsp3) is 0.214. The number of methoxy groups -OCH3 is 1. The van der Waals surface area contributed by atoms with Crippen molar-refractivity contribution in [1.82, 2.24) is 9.97 Å². The quantitative estimate of drug-likeness (QED) is 0.813. The molecule has 19 heavy (non-hydrogen) atoms. The lowest BCUT2D eigenvalue weighted by atomic mass is 10.1. The van der Waals surface area contributed by atoms with Crippen molar-refractivity contribution in [2.24, 2.45) is 0 Å². The zero-order chi connectivity index (χ0) is 13.8. The lowest BCUT2D eigenvalue weighted by Gasteiger charge is -2.04. The summed E-state index contributed by atoms with van der Waals surface area (Å²) in [6.07, 6.45) is 1.63. The van der Waals surface area contributed by atoms with Gasteiger partial charge in [-0.05, 0) is 18.6 Å². The van der Waals surface area contributed by atoms with Crippen molar-refractivity contribution >= 4 is 21.7 Å². The Morgan fingerprint density at radius 1 is 1.32 bits per heavy atom. The first-order chi connectivity index (χ1) is 9.10. The van der Waals surface area contributed by atoms with Gasteiger partial charge in [0.05, 0.1) is 19.2 Å². The first-order valence-corrected chi connectivity index (χ1v) is 6.53. The number of hydrogen-bond acceptors (Lipinski definition) is 4. The minimum absolute atomic E-state index is 0.0152. The third-order valence-corrected chi connectivity index (χ3v) is 3.60. The number of ether oxygens (including phenoxy) is 1. The van der Waals surface area contributed by atoms with E-state index in [4.69, 9.17) is 4.74 Å². The Hall–Kier alpha value is -1.75. The van der Waals surface area contributed by atoms with Crippen molar-refractivity contribution < 1.29 is 9.53 Å². The van der Waals surface area contributed by atoms with Crippen LogP contribution in [0.4, 0.5) is 0 Å². The van der Waals surface area contributed by atoms with Crippen LogP contribution in [0.15, 0.2) is 35.1 Å². The fourth-order valence-corrected chi connectivity index (χ4v) is 2.00. The molecule has 0 radical (unpaired) electrons. The van der Waals surface area contributed by atoms with Gasteiger partial charge < -0.3 is 4.74 Å². The summed E-state index contributed by atoms with van der Waals surface area (Å²) in [5.41, 5.74) is 2.41. The van der Waals surface area contributed by atoms with Crippen molar-refractivity contribution in [1.29, 1.82) is 0 Å². The highest BCUT2D eigenvalue weighted by Crippen LogP contribution is 2.19. The number of carbonyl (C=O) groups excluding carboxylic acids is 1. The number of benzene rings is 1. The molecule has 0 saturated heterocycles. The van der Waals surface area contributed by atoms with Gasteiger partial charge in [0.15, 0.2) is 5.78 Å². The van der Waals surface area contributed by atoms with Crippen molar-refractivity contribution in [3.63, 3.8) is 0 Å². The van der Waals surface area contributed by atoms with Gasteiger partial charge in [0.1, 0.15) is 6.33 Å². The van der Waals surface area contributed by atoms with Crippen LogP contribution in [0, 0.1) is 6.92 Å². The number of halogens is 1. The van der Waals surface area contributed by atoms with Crippen molar-refractivity contribution in [3.8, 4) is 5.88 Å². The smallest absolute Gasteiger partial charge is 0.216 e. The van der Waals surface area contributed by atoms with Gasteiger partial charge in [-0.2, -0.15) is 0 Å². The van der Waals surface area contributed by atoms with Crippen LogP contribution >= 0.6 is 15.9 Å². The number of aryl methyl sites for hydroxylation is 1. The number of nitrogens with zero attached hydrogens (tertiary/aromatic N) is 2. The second-order valence-corrected chi connectivity index (χ2v) is 4.97. The molecule has 1 heterocycles. The molecule has 5 heteroatoms. The van der Waals surface area contributed by atoms with Crippen molar-refractivity contribution in [3.05, 3.63) is 51.9 Å². The zero-order valence-corrected chi connectivity index (χ0v) is 12.3. The van der Waals surface area contributed by atoms with Gasteiger partial charge in [-0.15, -0.1) is 0 Å². The molecule has 0 aliphatic carbocycles. The molecule has 0 atom stereocenters. The maximum atomic E-state index is 12.2. The Kier molecular flexibility index (Phi) is 4.27. The summed E-state index contributed by atoms with van der Waals surface area (Å²) in [6.45, 7) is 1.98. The first-order valence-electron chi connectivity index (χ1n) is 5.74. The van der Waals surface area contributed by atoms with Crippen LogP contribution < -0.4 is 4.74 Å². The Morgan fingerprint density at radius 3 is 2.79 bits per heavy atom. The van der Waals surface area contributed by atoms with E-state index in [2.05, 4.69) is 25.9 Å². The number of ketones is 1.